The van der Waals surface area contributed by atoms with Crippen LogP contribution in [0.5, 0.6) is 0 Å². The van der Waals surface area contributed by atoms with Crippen LogP contribution in [0.1, 0.15) is 34.0 Å². The first-order valence-corrected chi connectivity index (χ1v) is 9.51. The van der Waals surface area contributed by atoms with E-state index in [0.717, 1.165) is 16.0 Å². The number of carbonyl (C=O) groups is 4. The predicted molar refractivity (Wildman–Crippen MR) is 110 cm³/mol. The first kappa shape index (κ1) is 21.0. The van der Waals surface area contributed by atoms with Crippen LogP contribution in [0.2, 0.25) is 0 Å². The average molecular weight is 409 g/mol. The number of urea groups is 1. The second-order valence-corrected chi connectivity index (χ2v) is 7.19. The van der Waals surface area contributed by atoms with E-state index >= 15 is 0 Å². The fourth-order valence-corrected chi connectivity index (χ4v) is 2.93. The molecule has 1 fully saturated rings. The van der Waals surface area contributed by atoms with Crippen LogP contribution >= 0.6 is 0 Å². The molecule has 0 aliphatic carbocycles. The molecule has 30 heavy (non-hydrogen) atoms. The van der Waals surface area contributed by atoms with Gasteiger partial charge in [0.2, 0.25) is 5.91 Å². The molecule has 1 atom stereocenters. The van der Waals surface area contributed by atoms with Crippen LogP contribution in [0.25, 0.3) is 0 Å². The van der Waals surface area contributed by atoms with Gasteiger partial charge in [0.15, 0.2) is 6.10 Å². The molecule has 1 unspecified atom stereocenters. The minimum atomic E-state index is -0.983. The van der Waals surface area contributed by atoms with E-state index in [1.165, 1.54) is 19.1 Å². The normalized spacial score (nSPS) is 14.3. The molecule has 2 N–H and O–H groups in total. The van der Waals surface area contributed by atoms with Crippen molar-refractivity contribution in [3.63, 3.8) is 0 Å². The molecule has 0 aromatic heterocycles. The Hall–Kier alpha value is -3.68. The van der Waals surface area contributed by atoms with Gasteiger partial charge in [-0.15, -0.1) is 0 Å². The summed E-state index contributed by atoms with van der Waals surface area (Å²) in [6, 6.07) is 11.6. The molecular formula is C22H23N3O5. The SMILES string of the molecule is Cc1ccc(C)c(NC(=O)C(C)OC(=O)c2ccc(CN3C(=O)CNC3=O)cc2)c1. The van der Waals surface area contributed by atoms with Crippen LogP contribution < -0.4 is 10.6 Å². The highest BCUT2D eigenvalue weighted by atomic mass is 16.5. The highest BCUT2D eigenvalue weighted by Gasteiger charge is 2.28. The second kappa shape index (κ2) is 8.77. The van der Waals surface area contributed by atoms with Crippen LogP contribution in [-0.2, 0) is 20.9 Å². The molecule has 156 valence electrons. The molecule has 2 aromatic rings. The zero-order valence-corrected chi connectivity index (χ0v) is 17.0. The molecule has 0 spiro atoms. The topological polar surface area (TPSA) is 105 Å². The standard InChI is InChI=1S/C22H23N3O5/c1-13-4-5-14(2)18(10-13)24-20(27)15(3)30-21(28)17-8-6-16(7-9-17)12-25-19(26)11-23-22(25)29/h4-10,15H,11-12H2,1-3H3,(H,23,29)(H,24,27). The van der Waals surface area contributed by atoms with Gasteiger partial charge in [-0.1, -0.05) is 24.3 Å². The van der Waals surface area contributed by atoms with Crippen LogP contribution in [0.15, 0.2) is 42.5 Å². The number of hydrogen-bond donors (Lipinski definition) is 2. The maximum Gasteiger partial charge on any atom is 0.338 e. The summed E-state index contributed by atoms with van der Waals surface area (Å²) in [4.78, 5) is 49.1. The Morgan fingerprint density at radius 1 is 1.13 bits per heavy atom. The molecule has 1 heterocycles. The molecule has 2 aromatic carbocycles. The fourth-order valence-electron chi connectivity index (χ4n) is 2.93. The Morgan fingerprint density at radius 3 is 2.47 bits per heavy atom. The average Bonchev–Trinajstić information content (AvgIpc) is 3.03. The minimum absolute atomic E-state index is 0.00866. The number of carbonyl (C=O) groups excluding carboxylic acids is 4. The minimum Gasteiger partial charge on any atom is -0.449 e. The Kier molecular flexibility index (Phi) is 6.15. The van der Waals surface area contributed by atoms with Crippen molar-refractivity contribution in [3.05, 3.63) is 64.7 Å². The van der Waals surface area contributed by atoms with Gasteiger partial charge in [0, 0.05) is 5.69 Å². The number of hydrogen-bond acceptors (Lipinski definition) is 5. The molecule has 3 rings (SSSR count). The third-order valence-corrected chi connectivity index (χ3v) is 4.77. The first-order valence-electron chi connectivity index (χ1n) is 9.51. The van der Waals surface area contributed by atoms with E-state index in [1.807, 2.05) is 32.0 Å². The van der Waals surface area contributed by atoms with E-state index in [2.05, 4.69) is 10.6 Å². The van der Waals surface area contributed by atoms with Gasteiger partial charge in [0.25, 0.3) is 5.91 Å². The molecule has 1 saturated heterocycles. The highest BCUT2D eigenvalue weighted by Crippen LogP contribution is 2.17. The number of nitrogens with zero attached hydrogens (tertiary/aromatic N) is 1. The fraction of sp³-hybridized carbons (Fsp3) is 0.273. The third kappa shape index (κ3) is 4.83. The van der Waals surface area contributed by atoms with Crippen molar-refractivity contribution in [2.75, 3.05) is 11.9 Å². The quantitative estimate of drug-likeness (QED) is 0.564. The van der Waals surface area contributed by atoms with Crippen LogP contribution in [0.4, 0.5) is 10.5 Å². The lowest BCUT2D eigenvalue weighted by Gasteiger charge is -2.15. The van der Waals surface area contributed by atoms with Crippen molar-refractivity contribution in [2.45, 2.75) is 33.4 Å². The van der Waals surface area contributed by atoms with E-state index < -0.39 is 24.0 Å². The third-order valence-electron chi connectivity index (χ3n) is 4.77. The number of rotatable bonds is 6. The van der Waals surface area contributed by atoms with Crippen LogP contribution in [0.3, 0.4) is 0 Å². The Morgan fingerprint density at radius 2 is 1.83 bits per heavy atom. The van der Waals surface area contributed by atoms with E-state index in [9.17, 15) is 19.2 Å². The first-order chi connectivity index (χ1) is 14.2. The molecule has 8 nitrogen and oxygen atoms in total. The van der Waals surface area contributed by atoms with E-state index in [0.29, 0.717) is 11.3 Å². The van der Waals surface area contributed by atoms with Gasteiger partial charge >= 0.3 is 12.0 Å². The van der Waals surface area contributed by atoms with Crippen molar-refractivity contribution in [1.29, 1.82) is 0 Å². The van der Waals surface area contributed by atoms with Crippen molar-refractivity contribution >= 4 is 29.5 Å². The molecule has 8 heteroatoms. The van der Waals surface area contributed by atoms with Crippen molar-refractivity contribution in [3.8, 4) is 0 Å². The molecule has 0 saturated carbocycles. The summed E-state index contributed by atoms with van der Waals surface area (Å²) in [5.74, 6) is -1.36. The summed E-state index contributed by atoms with van der Waals surface area (Å²) in [5.41, 5.74) is 3.55. The smallest absolute Gasteiger partial charge is 0.338 e. The van der Waals surface area contributed by atoms with Gasteiger partial charge in [-0.3, -0.25) is 14.5 Å². The van der Waals surface area contributed by atoms with E-state index in [1.54, 1.807) is 12.1 Å². The summed E-state index contributed by atoms with van der Waals surface area (Å²) in [5, 5.41) is 5.22. The zero-order chi connectivity index (χ0) is 21.8. The summed E-state index contributed by atoms with van der Waals surface area (Å²) in [7, 11) is 0. The van der Waals surface area contributed by atoms with Crippen LogP contribution in [0, 0.1) is 13.8 Å². The summed E-state index contributed by atoms with van der Waals surface area (Å²) in [6.07, 6.45) is -0.983. The lowest BCUT2D eigenvalue weighted by atomic mass is 10.1. The summed E-state index contributed by atoms with van der Waals surface area (Å²) in [6.45, 7) is 5.42. The van der Waals surface area contributed by atoms with Gasteiger partial charge < -0.3 is 15.4 Å². The summed E-state index contributed by atoms with van der Waals surface area (Å²) < 4.78 is 5.27. The Bertz CT molecular complexity index is 984. The predicted octanol–water partition coefficient (Wildman–Crippen LogP) is 2.54. The number of esters is 1. The Balaban J connectivity index is 1.58. The zero-order valence-electron chi connectivity index (χ0n) is 17.0. The van der Waals surface area contributed by atoms with Gasteiger partial charge in [-0.05, 0) is 55.7 Å². The number of ether oxygens (including phenoxy) is 1. The number of aryl methyl sites for hydroxylation is 2. The number of nitrogens with one attached hydrogen (secondary N) is 2. The monoisotopic (exact) mass is 409 g/mol. The maximum absolute atomic E-state index is 12.4. The van der Waals surface area contributed by atoms with Gasteiger partial charge in [0.05, 0.1) is 18.7 Å². The molecule has 0 radical (unpaired) electrons. The van der Waals surface area contributed by atoms with Crippen LogP contribution in [-0.4, -0.2) is 41.4 Å². The number of amides is 4. The second-order valence-electron chi connectivity index (χ2n) is 7.19. The Labute approximate surface area is 174 Å². The molecule has 0 bridgehead atoms. The van der Waals surface area contributed by atoms with Gasteiger partial charge in [0.1, 0.15) is 0 Å². The largest absolute Gasteiger partial charge is 0.449 e. The molecular weight excluding hydrogens is 386 g/mol. The maximum atomic E-state index is 12.4. The van der Waals surface area contributed by atoms with Crippen molar-refractivity contribution in [2.24, 2.45) is 0 Å². The number of imide groups is 1. The molecule has 1 aliphatic heterocycles. The molecule has 1 aliphatic rings. The van der Waals surface area contributed by atoms with E-state index in [4.69, 9.17) is 4.74 Å². The lowest BCUT2D eigenvalue weighted by molar-refractivity contribution is -0.125. The summed E-state index contributed by atoms with van der Waals surface area (Å²) >= 11 is 0. The molecule has 4 amide bonds. The van der Waals surface area contributed by atoms with E-state index in [-0.39, 0.29) is 24.6 Å². The van der Waals surface area contributed by atoms with Gasteiger partial charge in [-0.2, -0.15) is 0 Å². The lowest BCUT2D eigenvalue weighted by Crippen LogP contribution is -2.30. The number of benzene rings is 2. The van der Waals surface area contributed by atoms with Crippen molar-refractivity contribution < 1.29 is 23.9 Å². The highest BCUT2D eigenvalue weighted by molar-refractivity contribution is 6.02. The van der Waals surface area contributed by atoms with Crippen molar-refractivity contribution in [1.82, 2.24) is 10.2 Å². The van der Waals surface area contributed by atoms with Gasteiger partial charge in [-0.25, -0.2) is 9.59 Å². The number of anilines is 1.